The molecule has 1 unspecified atom stereocenters. The molecule has 2 heteroatoms. The molecule has 0 aliphatic carbocycles. The maximum atomic E-state index is 5.44. The highest BCUT2D eigenvalue weighted by molar-refractivity contribution is 4.76. The van der Waals surface area contributed by atoms with E-state index in [4.69, 9.17) is 4.74 Å². The average molecular weight is 284 g/mol. The molecule has 0 amide bonds. The molecule has 120 valence electrons. The van der Waals surface area contributed by atoms with E-state index in [9.17, 15) is 0 Å². The molecule has 0 radical (unpaired) electrons. The van der Waals surface area contributed by atoms with Crippen LogP contribution in [0.3, 0.4) is 0 Å². The van der Waals surface area contributed by atoms with Crippen LogP contribution in [0.25, 0.3) is 0 Å². The molecule has 0 saturated carbocycles. The van der Waals surface area contributed by atoms with E-state index in [1.807, 2.05) is 0 Å². The van der Waals surface area contributed by atoms with Crippen molar-refractivity contribution in [2.75, 3.05) is 32.8 Å². The van der Waals surface area contributed by atoms with E-state index >= 15 is 0 Å². The summed E-state index contributed by atoms with van der Waals surface area (Å²) in [5.41, 5.74) is 0.569. The van der Waals surface area contributed by atoms with Crippen LogP contribution in [0, 0.1) is 5.41 Å². The zero-order chi connectivity index (χ0) is 14.7. The van der Waals surface area contributed by atoms with Gasteiger partial charge in [0.05, 0.1) is 13.2 Å². The third-order valence-electron chi connectivity index (χ3n) is 4.87. The van der Waals surface area contributed by atoms with Crippen molar-refractivity contribution in [2.45, 2.75) is 78.6 Å². The van der Waals surface area contributed by atoms with E-state index in [1.54, 1.807) is 0 Å². The van der Waals surface area contributed by atoms with Gasteiger partial charge in [-0.1, -0.05) is 59.3 Å². The monoisotopic (exact) mass is 283 g/mol. The third-order valence-corrected chi connectivity index (χ3v) is 4.87. The molecule has 20 heavy (non-hydrogen) atoms. The Labute approximate surface area is 127 Å². The Morgan fingerprint density at radius 3 is 2.20 bits per heavy atom. The van der Waals surface area contributed by atoms with Crippen LogP contribution in [0.15, 0.2) is 0 Å². The van der Waals surface area contributed by atoms with Crippen molar-refractivity contribution in [1.29, 1.82) is 0 Å². The zero-order valence-electron chi connectivity index (χ0n) is 14.3. The number of morpholine rings is 1. The van der Waals surface area contributed by atoms with E-state index < -0.39 is 0 Å². The first-order valence-corrected chi connectivity index (χ1v) is 9.00. The van der Waals surface area contributed by atoms with Gasteiger partial charge in [-0.3, -0.25) is 4.90 Å². The Morgan fingerprint density at radius 1 is 0.850 bits per heavy atom. The summed E-state index contributed by atoms with van der Waals surface area (Å²) in [7, 11) is 0. The minimum Gasteiger partial charge on any atom is -0.379 e. The minimum absolute atomic E-state index is 0.569. The highest BCUT2D eigenvalue weighted by Crippen LogP contribution is 2.34. The molecule has 0 N–H and O–H groups in total. The van der Waals surface area contributed by atoms with Crippen LogP contribution in [0.2, 0.25) is 0 Å². The standard InChI is InChI=1S/C18H37NO/c1-4-6-7-8-9-11-18(3,10-5-2)12-13-19-14-16-20-17-15-19/h4-17H2,1-3H3. The van der Waals surface area contributed by atoms with Gasteiger partial charge < -0.3 is 4.74 Å². The zero-order valence-corrected chi connectivity index (χ0v) is 14.3. The SMILES string of the molecule is CCCCCCCC(C)(CCC)CCN1CCOCC1. The molecule has 1 aliphatic heterocycles. The number of unbranched alkanes of at least 4 members (excludes halogenated alkanes) is 4. The molecule has 2 nitrogen and oxygen atoms in total. The first-order valence-electron chi connectivity index (χ1n) is 9.00. The first kappa shape index (κ1) is 18.0. The van der Waals surface area contributed by atoms with Crippen LogP contribution in [-0.4, -0.2) is 37.7 Å². The van der Waals surface area contributed by atoms with Crippen LogP contribution in [0.4, 0.5) is 0 Å². The number of hydrogen-bond acceptors (Lipinski definition) is 2. The predicted octanol–water partition coefficient (Wildman–Crippen LogP) is 4.88. The lowest BCUT2D eigenvalue weighted by molar-refractivity contribution is 0.0305. The van der Waals surface area contributed by atoms with E-state index in [0.29, 0.717) is 5.41 Å². The summed E-state index contributed by atoms with van der Waals surface area (Å²) < 4.78 is 5.44. The van der Waals surface area contributed by atoms with Crippen LogP contribution < -0.4 is 0 Å². The van der Waals surface area contributed by atoms with Gasteiger partial charge in [0.2, 0.25) is 0 Å². The molecule has 0 aromatic carbocycles. The average Bonchev–Trinajstić information content (AvgIpc) is 2.47. The first-order chi connectivity index (χ1) is 9.70. The lowest BCUT2D eigenvalue weighted by atomic mass is 9.77. The van der Waals surface area contributed by atoms with Gasteiger partial charge in [0, 0.05) is 13.1 Å². The van der Waals surface area contributed by atoms with Crippen molar-refractivity contribution in [3.63, 3.8) is 0 Å². The second kappa shape index (κ2) is 10.6. The highest BCUT2D eigenvalue weighted by Gasteiger charge is 2.24. The summed E-state index contributed by atoms with van der Waals surface area (Å²) in [6, 6.07) is 0. The Balaban J connectivity index is 2.24. The maximum absolute atomic E-state index is 5.44. The summed E-state index contributed by atoms with van der Waals surface area (Å²) in [6.07, 6.45) is 12.6. The highest BCUT2D eigenvalue weighted by atomic mass is 16.5. The van der Waals surface area contributed by atoms with Crippen molar-refractivity contribution in [1.82, 2.24) is 4.90 Å². The normalized spacial score (nSPS) is 19.9. The molecular weight excluding hydrogens is 246 g/mol. The van der Waals surface area contributed by atoms with E-state index in [-0.39, 0.29) is 0 Å². The molecule has 0 aromatic rings. The molecule has 1 fully saturated rings. The van der Waals surface area contributed by atoms with Gasteiger partial charge in [-0.05, 0) is 31.2 Å². The van der Waals surface area contributed by atoms with Gasteiger partial charge in [0.1, 0.15) is 0 Å². The lowest BCUT2D eigenvalue weighted by Gasteiger charge is -2.34. The van der Waals surface area contributed by atoms with Gasteiger partial charge >= 0.3 is 0 Å². The largest absolute Gasteiger partial charge is 0.379 e. The van der Waals surface area contributed by atoms with Crippen molar-refractivity contribution >= 4 is 0 Å². The van der Waals surface area contributed by atoms with E-state index in [1.165, 1.54) is 64.3 Å². The van der Waals surface area contributed by atoms with Gasteiger partial charge in [-0.25, -0.2) is 0 Å². The van der Waals surface area contributed by atoms with Gasteiger partial charge in [0.15, 0.2) is 0 Å². The fourth-order valence-electron chi connectivity index (χ4n) is 3.39. The Morgan fingerprint density at radius 2 is 1.55 bits per heavy atom. The molecule has 1 rings (SSSR count). The van der Waals surface area contributed by atoms with Crippen molar-refractivity contribution in [2.24, 2.45) is 5.41 Å². The quantitative estimate of drug-likeness (QED) is 0.501. The lowest BCUT2D eigenvalue weighted by Crippen LogP contribution is -2.38. The van der Waals surface area contributed by atoms with Crippen LogP contribution >= 0.6 is 0 Å². The fourth-order valence-corrected chi connectivity index (χ4v) is 3.39. The van der Waals surface area contributed by atoms with Crippen LogP contribution in [0.1, 0.15) is 78.6 Å². The van der Waals surface area contributed by atoms with Crippen molar-refractivity contribution < 1.29 is 4.74 Å². The minimum atomic E-state index is 0.569. The van der Waals surface area contributed by atoms with Gasteiger partial charge in [-0.15, -0.1) is 0 Å². The van der Waals surface area contributed by atoms with Gasteiger partial charge in [0.25, 0.3) is 0 Å². The summed E-state index contributed by atoms with van der Waals surface area (Å²) >= 11 is 0. The fraction of sp³-hybridized carbons (Fsp3) is 1.00. The summed E-state index contributed by atoms with van der Waals surface area (Å²) in [5, 5.41) is 0. The van der Waals surface area contributed by atoms with Gasteiger partial charge in [-0.2, -0.15) is 0 Å². The number of hydrogen-bond donors (Lipinski definition) is 0. The Kier molecular flexibility index (Phi) is 9.54. The van der Waals surface area contributed by atoms with Crippen LogP contribution in [-0.2, 0) is 4.74 Å². The Hall–Kier alpha value is -0.0800. The number of rotatable bonds is 11. The molecule has 1 saturated heterocycles. The Bertz CT molecular complexity index is 225. The second-order valence-electron chi connectivity index (χ2n) is 6.93. The van der Waals surface area contributed by atoms with Crippen molar-refractivity contribution in [3.8, 4) is 0 Å². The topological polar surface area (TPSA) is 12.5 Å². The van der Waals surface area contributed by atoms with E-state index in [0.717, 1.165) is 26.3 Å². The maximum Gasteiger partial charge on any atom is 0.0594 e. The van der Waals surface area contributed by atoms with Crippen LogP contribution in [0.5, 0.6) is 0 Å². The molecule has 0 bridgehead atoms. The summed E-state index contributed by atoms with van der Waals surface area (Å²) in [6.45, 7) is 12.6. The second-order valence-corrected chi connectivity index (χ2v) is 6.93. The van der Waals surface area contributed by atoms with Crippen molar-refractivity contribution in [3.05, 3.63) is 0 Å². The number of ether oxygens (including phenoxy) is 1. The molecule has 1 heterocycles. The molecule has 1 atom stereocenters. The third kappa shape index (κ3) is 7.64. The molecule has 0 spiro atoms. The summed E-state index contributed by atoms with van der Waals surface area (Å²) in [5.74, 6) is 0. The van der Waals surface area contributed by atoms with E-state index in [2.05, 4.69) is 25.7 Å². The molecule has 0 aromatic heterocycles. The smallest absolute Gasteiger partial charge is 0.0594 e. The molecule has 1 aliphatic rings. The number of nitrogens with zero attached hydrogens (tertiary/aromatic N) is 1. The summed E-state index contributed by atoms with van der Waals surface area (Å²) in [4.78, 5) is 2.59. The predicted molar refractivity (Wildman–Crippen MR) is 88.3 cm³/mol. The molecular formula is C18H37NO.